The van der Waals surface area contributed by atoms with Crippen molar-refractivity contribution in [2.45, 2.75) is 392 Å². The molecule has 0 aromatic carbocycles. The monoisotopic (exact) mass is 1220 g/mol. The molecule has 5 atom stereocenters. The highest BCUT2D eigenvalue weighted by Gasteiger charge is 2.44. The van der Waals surface area contributed by atoms with Crippen LogP contribution in [0.1, 0.15) is 355 Å². The number of carbonyl (C=O) groups is 1. The van der Waals surface area contributed by atoms with E-state index in [4.69, 9.17) is 27.8 Å². The van der Waals surface area contributed by atoms with Gasteiger partial charge < -0.3 is 39.5 Å². The van der Waals surface area contributed by atoms with Gasteiger partial charge in [-0.05, 0) is 96.7 Å². The van der Waals surface area contributed by atoms with Crippen molar-refractivity contribution in [3.63, 3.8) is 0 Å². The van der Waals surface area contributed by atoms with Crippen LogP contribution in [0.25, 0.3) is 0 Å². The Bertz CT molecular complexity index is 1360. The number of nitrogens with zero attached hydrogens (tertiary/aromatic N) is 1. The second-order valence-corrected chi connectivity index (χ2v) is 27.0. The number of carbonyl (C=O) groups excluding carboxylic acids is 1. The summed E-state index contributed by atoms with van der Waals surface area (Å²) in [4.78, 5) is 15.7. The third kappa shape index (κ3) is 49.1. The number of hydrogen-bond acceptors (Lipinski definition) is 13. The molecule has 0 radical (unpaired) electrons. The number of unbranched alkanes of at least 4 members (excludes halogenated alkanes) is 41. The van der Waals surface area contributed by atoms with Crippen molar-refractivity contribution in [2.75, 3.05) is 52.7 Å². The summed E-state index contributed by atoms with van der Waals surface area (Å²) < 4.78 is 49.1. The van der Waals surface area contributed by atoms with Crippen LogP contribution >= 0.6 is 7.82 Å². The average Bonchev–Trinajstić information content (AvgIpc) is 3.68. The van der Waals surface area contributed by atoms with Crippen molar-refractivity contribution >= 4 is 13.8 Å². The lowest BCUT2D eigenvalue weighted by molar-refractivity contribution is -0.301. The van der Waals surface area contributed by atoms with Crippen molar-refractivity contribution in [1.82, 2.24) is 4.90 Å². The van der Waals surface area contributed by atoms with Gasteiger partial charge in [0.05, 0.1) is 26.4 Å². The van der Waals surface area contributed by atoms with Crippen LogP contribution in [0.3, 0.4) is 0 Å². The summed E-state index contributed by atoms with van der Waals surface area (Å²) >= 11 is 0. The van der Waals surface area contributed by atoms with E-state index in [0.29, 0.717) is 32.8 Å². The molecule has 502 valence electrons. The number of rotatable bonds is 67. The van der Waals surface area contributed by atoms with Crippen LogP contribution < -0.4 is 0 Å². The fourth-order valence-electron chi connectivity index (χ4n) is 11.6. The van der Waals surface area contributed by atoms with Crippen LogP contribution in [-0.2, 0) is 37.1 Å². The maximum atomic E-state index is 13.8. The molecule has 0 unspecified atom stereocenters. The molecular weight excluding hydrogens is 1080 g/mol. The van der Waals surface area contributed by atoms with E-state index in [2.05, 4.69) is 32.6 Å². The lowest BCUT2D eigenvalue weighted by atomic mass is 9.99. The first-order valence-electron chi connectivity index (χ1n) is 36.5. The van der Waals surface area contributed by atoms with Crippen LogP contribution in [0.15, 0.2) is 0 Å². The van der Waals surface area contributed by atoms with Crippen LogP contribution in [0.4, 0.5) is 0 Å². The van der Waals surface area contributed by atoms with E-state index >= 15 is 0 Å². The highest BCUT2D eigenvalue weighted by molar-refractivity contribution is 7.48. The fraction of sp³-hybridized carbons (Fsp3) is 0.986. The number of hydrogen-bond donors (Lipinski definition) is 4. The lowest BCUT2D eigenvalue weighted by Gasteiger charge is -2.39. The number of aliphatic hydroxyl groups excluding tert-OH is 4. The van der Waals surface area contributed by atoms with Crippen LogP contribution in [0, 0.1) is 0 Å². The van der Waals surface area contributed by atoms with Gasteiger partial charge in [0, 0.05) is 13.0 Å². The predicted molar refractivity (Wildman–Crippen MR) is 350 cm³/mol. The highest BCUT2D eigenvalue weighted by atomic mass is 31.2. The molecule has 0 aliphatic carbocycles. The molecule has 0 aromatic heterocycles. The first kappa shape index (κ1) is 81.3. The Balaban J connectivity index is 2.63. The van der Waals surface area contributed by atoms with Crippen LogP contribution in [-0.4, -0.2) is 121 Å². The largest absolute Gasteiger partial charge is 0.474 e. The lowest BCUT2D eigenvalue weighted by Crippen LogP contribution is -2.59. The Morgan fingerprint density at radius 3 is 1.08 bits per heavy atom. The Hall–Kier alpha value is -0.700. The molecule has 0 saturated carbocycles. The molecule has 0 spiro atoms. The molecule has 0 bridgehead atoms. The van der Waals surface area contributed by atoms with Gasteiger partial charge in [0.15, 0.2) is 6.29 Å². The van der Waals surface area contributed by atoms with Gasteiger partial charge in [-0.15, -0.1) is 0 Å². The zero-order chi connectivity index (χ0) is 61.1. The minimum atomic E-state index is -3.61. The second kappa shape index (κ2) is 61.2. The molecule has 4 N–H and O–H groups in total. The summed E-state index contributed by atoms with van der Waals surface area (Å²) in [6.07, 6.45) is 53.4. The molecule has 0 amide bonds. The van der Waals surface area contributed by atoms with Crippen molar-refractivity contribution in [3.8, 4) is 0 Å². The van der Waals surface area contributed by atoms with Crippen molar-refractivity contribution < 1.29 is 57.6 Å². The molecule has 1 heterocycles. The quantitative estimate of drug-likeness (QED) is 0.0258. The summed E-state index contributed by atoms with van der Waals surface area (Å²) in [6.45, 7) is 13.0. The Morgan fingerprint density at radius 2 is 0.714 bits per heavy atom. The zero-order valence-corrected chi connectivity index (χ0v) is 56.5. The summed E-state index contributed by atoms with van der Waals surface area (Å²) in [5.74, 6) is -0.0109. The molecule has 1 saturated heterocycles. The van der Waals surface area contributed by atoms with E-state index in [0.717, 1.165) is 148 Å². The number of esters is 1. The molecular formula is C70H140NO12P. The van der Waals surface area contributed by atoms with Crippen molar-refractivity contribution in [3.05, 3.63) is 0 Å². The summed E-state index contributed by atoms with van der Waals surface area (Å²) in [7, 11) is -3.61. The van der Waals surface area contributed by atoms with Gasteiger partial charge in [0.1, 0.15) is 30.5 Å². The number of aliphatic hydroxyl groups is 4. The standard InChI is InChI=1S/C70H140NO12P/c1-5-9-13-17-21-25-29-35-43-53-64(54-44-36-30-26-22-18-14-10-6-2)82-66(73)55-45-37-33-38-46-56-71(58-48-52-59-78-70-69(76)68(75)67(74)65(63-72)83-70)57-47-39-34-42-51-62-81-84(77,79-60-49-40-31-27-23-19-15-11-7-3)80-61-50-41-32-28-24-20-16-12-8-4/h64-65,67-70,72,74-76H,5-63H2,1-4H3/t65-,67-,68+,69+,70+/m1/s1. The first-order chi connectivity index (χ1) is 41.1. The predicted octanol–water partition coefficient (Wildman–Crippen LogP) is 19.1. The first-order valence-corrected chi connectivity index (χ1v) is 38.0. The maximum Gasteiger partial charge on any atom is 0.474 e. The zero-order valence-electron chi connectivity index (χ0n) is 55.6. The van der Waals surface area contributed by atoms with Gasteiger partial charge >= 0.3 is 13.8 Å². The number of ether oxygens (including phenoxy) is 3. The van der Waals surface area contributed by atoms with Crippen LogP contribution in [0.5, 0.6) is 0 Å². The number of phosphoric ester groups is 1. The molecule has 0 aromatic rings. The van der Waals surface area contributed by atoms with Gasteiger partial charge in [-0.2, -0.15) is 0 Å². The average molecular weight is 1220 g/mol. The SMILES string of the molecule is CCCCCCCCCCCOP(=O)(OCCCCCCCCCCC)OCCCCCCCN(CCCCCCCC(=O)OC(CCCCCCCCCCC)CCCCCCCCCCC)CCCCO[C@H]1O[C@H](CO)[C@@H](O)[C@H](O)[C@@H]1O. The Kier molecular flexibility index (Phi) is 59.2. The topological polar surface area (TPSA) is 174 Å². The molecule has 1 aliphatic rings. The second-order valence-electron chi connectivity index (χ2n) is 25.4. The normalized spacial score (nSPS) is 17.6. The number of phosphoric acid groups is 1. The molecule has 13 nitrogen and oxygen atoms in total. The van der Waals surface area contributed by atoms with E-state index < -0.39 is 45.1 Å². The third-order valence-corrected chi connectivity index (χ3v) is 18.8. The summed E-state index contributed by atoms with van der Waals surface area (Å²) in [5, 5.41) is 40.4. The minimum Gasteiger partial charge on any atom is -0.462 e. The Morgan fingerprint density at radius 1 is 0.405 bits per heavy atom. The minimum absolute atomic E-state index is 0.0109. The van der Waals surface area contributed by atoms with Gasteiger partial charge in [-0.25, -0.2) is 4.57 Å². The van der Waals surface area contributed by atoms with Crippen molar-refractivity contribution in [2.24, 2.45) is 0 Å². The molecule has 1 aliphatic heterocycles. The maximum absolute atomic E-state index is 13.8. The summed E-state index contributed by atoms with van der Waals surface area (Å²) in [5.41, 5.74) is 0. The van der Waals surface area contributed by atoms with Gasteiger partial charge in [0.25, 0.3) is 0 Å². The van der Waals surface area contributed by atoms with E-state index in [-0.39, 0.29) is 12.1 Å². The van der Waals surface area contributed by atoms with E-state index in [9.17, 15) is 29.8 Å². The summed E-state index contributed by atoms with van der Waals surface area (Å²) in [6, 6.07) is 0. The van der Waals surface area contributed by atoms with E-state index in [1.54, 1.807) is 0 Å². The highest BCUT2D eigenvalue weighted by Crippen LogP contribution is 2.50. The molecule has 1 fully saturated rings. The van der Waals surface area contributed by atoms with E-state index in [1.165, 1.54) is 193 Å². The Labute approximate surface area is 518 Å². The molecule has 1 rings (SSSR count). The third-order valence-electron chi connectivity index (χ3n) is 17.3. The molecule has 14 heteroatoms. The van der Waals surface area contributed by atoms with Crippen LogP contribution in [0.2, 0.25) is 0 Å². The fourth-order valence-corrected chi connectivity index (χ4v) is 12.9. The van der Waals surface area contributed by atoms with Crippen molar-refractivity contribution in [1.29, 1.82) is 0 Å². The molecule has 84 heavy (non-hydrogen) atoms. The smallest absolute Gasteiger partial charge is 0.462 e. The van der Waals surface area contributed by atoms with Gasteiger partial charge in [0.2, 0.25) is 0 Å². The van der Waals surface area contributed by atoms with Gasteiger partial charge in [-0.1, -0.05) is 272 Å². The van der Waals surface area contributed by atoms with E-state index in [1.807, 2.05) is 0 Å². The van der Waals surface area contributed by atoms with Gasteiger partial charge in [-0.3, -0.25) is 18.4 Å².